The Morgan fingerprint density at radius 2 is 1.59 bits per heavy atom. The number of hydrogen-bond donors (Lipinski definition) is 3. The number of carboxylic acids is 2. The summed E-state index contributed by atoms with van der Waals surface area (Å²) in [5, 5.41) is 17.2. The minimum absolute atomic E-state index is 0. The van der Waals surface area contributed by atoms with Crippen molar-refractivity contribution in [1.82, 2.24) is 0 Å². The maximum atomic E-state index is 10.5. The Balaban J connectivity index is 0.00000256. The molecule has 0 spiro atoms. The Bertz CT molecular complexity index is 391. The van der Waals surface area contributed by atoms with Crippen LogP contribution in [-0.4, -0.2) is 28.2 Å². The van der Waals surface area contributed by atoms with Crippen LogP contribution in [0.3, 0.4) is 0 Å². The van der Waals surface area contributed by atoms with E-state index in [2.05, 4.69) is 0 Å². The quantitative estimate of drug-likeness (QED) is 0.722. The lowest BCUT2D eigenvalue weighted by Gasteiger charge is -2.06. The molecule has 0 saturated heterocycles. The van der Waals surface area contributed by atoms with Gasteiger partial charge in [-0.3, -0.25) is 9.59 Å². The summed E-state index contributed by atoms with van der Waals surface area (Å²) in [6.45, 7) is 0. The van der Waals surface area contributed by atoms with Crippen molar-refractivity contribution in [3.8, 4) is 0 Å². The van der Waals surface area contributed by atoms with Gasteiger partial charge in [0.15, 0.2) is 0 Å². The van der Waals surface area contributed by atoms with Crippen molar-refractivity contribution in [1.29, 1.82) is 0 Å². The molecule has 0 fully saturated rings. The molecule has 0 aromatic heterocycles. The average Bonchev–Trinajstić information content (AvgIpc) is 2.20. The van der Waals surface area contributed by atoms with Gasteiger partial charge in [-0.1, -0.05) is 24.3 Å². The van der Waals surface area contributed by atoms with E-state index in [4.69, 9.17) is 15.9 Å². The summed E-state index contributed by atoms with van der Waals surface area (Å²) in [6.07, 6.45) is 0.202. The third-order valence-electron chi connectivity index (χ3n) is 2.15. The maximum Gasteiger partial charge on any atom is 0.320 e. The van der Waals surface area contributed by atoms with E-state index in [0.717, 1.165) is 5.56 Å². The first-order valence-corrected chi connectivity index (χ1v) is 4.77. The zero-order chi connectivity index (χ0) is 12.1. The van der Waals surface area contributed by atoms with Gasteiger partial charge in [0, 0.05) is 0 Å². The van der Waals surface area contributed by atoms with Crippen molar-refractivity contribution in [2.75, 3.05) is 0 Å². The molecule has 0 radical (unpaired) electrons. The summed E-state index contributed by atoms with van der Waals surface area (Å²) in [7, 11) is 0. The summed E-state index contributed by atoms with van der Waals surface area (Å²) in [4.78, 5) is 20.9. The van der Waals surface area contributed by atoms with Gasteiger partial charge in [-0.05, 0) is 17.5 Å². The molecule has 0 unspecified atom stereocenters. The van der Waals surface area contributed by atoms with Crippen molar-refractivity contribution in [3.05, 3.63) is 35.4 Å². The van der Waals surface area contributed by atoms with Crippen molar-refractivity contribution < 1.29 is 19.8 Å². The fraction of sp³-hybridized carbons (Fsp3) is 0.273. The van der Waals surface area contributed by atoms with E-state index in [1.165, 1.54) is 0 Å². The molecule has 1 aromatic carbocycles. The number of rotatable bonds is 5. The van der Waals surface area contributed by atoms with Crippen LogP contribution in [0.4, 0.5) is 0 Å². The predicted octanol–water partition coefficient (Wildman–Crippen LogP) is 0.690. The summed E-state index contributed by atoms with van der Waals surface area (Å²) in [6, 6.07) is 5.79. The topological polar surface area (TPSA) is 101 Å². The zero-order valence-electron chi connectivity index (χ0n) is 9.00. The smallest absolute Gasteiger partial charge is 0.320 e. The second kappa shape index (κ2) is 6.88. The first-order chi connectivity index (χ1) is 7.49. The van der Waals surface area contributed by atoms with Crippen LogP contribution in [0.2, 0.25) is 0 Å². The highest BCUT2D eigenvalue weighted by molar-refractivity contribution is 5.85. The van der Waals surface area contributed by atoms with Crippen LogP contribution in [0.5, 0.6) is 0 Å². The molecule has 4 N–H and O–H groups in total. The number of nitrogens with two attached hydrogens (primary N) is 1. The van der Waals surface area contributed by atoms with E-state index in [1.54, 1.807) is 24.3 Å². The molecular weight excluding hydrogens is 246 g/mol. The Kier molecular flexibility index (Phi) is 6.23. The van der Waals surface area contributed by atoms with Crippen molar-refractivity contribution in [3.63, 3.8) is 0 Å². The summed E-state index contributed by atoms with van der Waals surface area (Å²) < 4.78 is 0. The van der Waals surface area contributed by atoms with Crippen LogP contribution in [0, 0.1) is 0 Å². The lowest BCUT2D eigenvalue weighted by atomic mass is 10.0. The molecule has 0 heterocycles. The molecule has 1 aromatic rings. The number of carbonyl (C=O) groups is 2. The molecule has 0 saturated carbocycles. The third kappa shape index (κ3) is 5.33. The highest BCUT2D eigenvalue weighted by Crippen LogP contribution is 2.07. The van der Waals surface area contributed by atoms with E-state index in [1.807, 2.05) is 0 Å². The van der Waals surface area contributed by atoms with Gasteiger partial charge in [-0.15, -0.1) is 12.4 Å². The molecule has 1 atom stereocenters. The number of hydrogen-bond acceptors (Lipinski definition) is 3. The Labute approximate surface area is 105 Å². The molecule has 0 aliphatic heterocycles. The van der Waals surface area contributed by atoms with Gasteiger partial charge in [0.25, 0.3) is 0 Å². The van der Waals surface area contributed by atoms with Crippen LogP contribution in [0.25, 0.3) is 0 Å². The third-order valence-corrected chi connectivity index (χ3v) is 2.15. The van der Waals surface area contributed by atoms with Gasteiger partial charge in [-0.25, -0.2) is 0 Å². The first kappa shape index (κ1) is 15.4. The van der Waals surface area contributed by atoms with Gasteiger partial charge >= 0.3 is 11.9 Å². The second-order valence-electron chi connectivity index (χ2n) is 3.54. The number of halogens is 1. The second-order valence-corrected chi connectivity index (χ2v) is 3.54. The van der Waals surface area contributed by atoms with Gasteiger partial charge in [0.2, 0.25) is 0 Å². The Morgan fingerprint density at radius 3 is 2.00 bits per heavy atom. The van der Waals surface area contributed by atoms with Crippen LogP contribution in [0.1, 0.15) is 11.1 Å². The average molecular weight is 260 g/mol. The monoisotopic (exact) mass is 259 g/mol. The van der Waals surface area contributed by atoms with Gasteiger partial charge in [0.05, 0.1) is 6.42 Å². The summed E-state index contributed by atoms with van der Waals surface area (Å²) >= 11 is 0. The molecule has 94 valence electrons. The van der Waals surface area contributed by atoms with E-state index in [-0.39, 0.29) is 25.2 Å². The van der Waals surface area contributed by atoms with Crippen LogP contribution in [-0.2, 0) is 22.4 Å². The molecular formula is C11H14ClNO4. The highest BCUT2D eigenvalue weighted by atomic mass is 35.5. The SMILES string of the molecule is Cl.N[C@@H](Cc1ccc(CC(=O)O)cc1)C(=O)O. The largest absolute Gasteiger partial charge is 0.481 e. The van der Waals surface area contributed by atoms with E-state index < -0.39 is 18.0 Å². The fourth-order valence-electron chi connectivity index (χ4n) is 1.31. The number of aliphatic carboxylic acids is 2. The lowest BCUT2D eigenvalue weighted by molar-refractivity contribution is -0.138. The standard InChI is InChI=1S/C11H13NO4.ClH/c12-9(11(15)16)5-7-1-3-8(4-2-7)6-10(13)14;/h1-4,9H,5-6,12H2,(H,13,14)(H,15,16);1H/t9-;/m0./s1. The molecule has 0 amide bonds. The molecule has 6 heteroatoms. The Morgan fingerprint density at radius 1 is 1.12 bits per heavy atom. The molecule has 5 nitrogen and oxygen atoms in total. The zero-order valence-corrected chi connectivity index (χ0v) is 9.81. The molecule has 17 heavy (non-hydrogen) atoms. The predicted molar refractivity (Wildman–Crippen MR) is 64.3 cm³/mol. The lowest BCUT2D eigenvalue weighted by Crippen LogP contribution is -2.32. The number of benzene rings is 1. The van der Waals surface area contributed by atoms with Crippen molar-refractivity contribution >= 4 is 24.3 Å². The highest BCUT2D eigenvalue weighted by Gasteiger charge is 2.11. The van der Waals surface area contributed by atoms with Crippen LogP contribution >= 0.6 is 12.4 Å². The van der Waals surface area contributed by atoms with E-state index >= 15 is 0 Å². The minimum atomic E-state index is -1.05. The van der Waals surface area contributed by atoms with E-state index in [9.17, 15) is 9.59 Å². The molecule has 0 aliphatic rings. The normalized spacial score (nSPS) is 11.4. The summed E-state index contributed by atoms with van der Waals surface area (Å²) in [5.41, 5.74) is 6.84. The van der Waals surface area contributed by atoms with E-state index in [0.29, 0.717) is 5.56 Å². The molecule has 0 aliphatic carbocycles. The van der Waals surface area contributed by atoms with Gasteiger partial charge in [-0.2, -0.15) is 0 Å². The first-order valence-electron chi connectivity index (χ1n) is 4.77. The van der Waals surface area contributed by atoms with Crippen molar-refractivity contribution in [2.45, 2.75) is 18.9 Å². The van der Waals surface area contributed by atoms with Crippen LogP contribution < -0.4 is 5.73 Å². The Hall–Kier alpha value is -1.59. The minimum Gasteiger partial charge on any atom is -0.481 e. The molecule has 0 bridgehead atoms. The maximum absolute atomic E-state index is 10.5. The number of carboxylic acid groups (broad SMARTS) is 2. The fourth-order valence-corrected chi connectivity index (χ4v) is 1.31. The van der Waals surface area contributed by atoms with Gasteiger partial charge in [0.1, 0.15) is 6.04 Å². The van der Waals surface area contributed by atoms with Crippen LogP contribution in [0.15, 0.2) is 24.3 Å². The van der Waals surface area contributed by atoms with Gasteiger partial charge < -0.3 is 15.9 Å². The van der Waals surface area contributed by atoms with Crippen molar-refractivity contribution in [2.24, 2.45) is 5.73 Å². The summed E-state index contributed by atoms with van der Waals surface area (Å²) in [5.74, 6) is -1.94. The molecule has 1 rings (SSSR count).